The van der Waals surface area contributed by atoms with Gasteiger partial charge in [-0.05, 0) is 36.1 Å². The molecule has 0 bridgehead atoms. The van der Waals surface area contributed by atoms with Gasteiger partial charge in [-0.2, -0.15) is 0 Å². The molecular weight excluding hydrogens is 274 g/mol. The van der Waals surface area contributed by atoms with Gasteiger partial charge in [0.05, 0.1) is 11.4 Å². The maximum absolute atomic E-state index is 12.0. The Morgan fingerprint density at radius 3 is 2.90 bits per heavy atom. The zero-order valence-electron chi connectivity index (χ0n) is 11.1. The number of thiophene rings is 1. The lowest BCUT2D eigenvalue weighted by molar-refractivity contribution is 0.0791. The average Bonchev–Trinajstić information content (AvgIpc) is 2.91. The molecule has 0 saturated heterocycles. The fourth-order valence-corrected chi connectivity index (χ4v) is 2.90. The average molecular weight is 289 g/mol. The van der Waals surface area contributed by atoms with E-state index >= 15 is 0 Å². The van der Waals surface area contributed by atoms with Crippen LogP contribution in [0.3, 0.4) is 0 Å². The molecule has 1 atom stereocenters. The molecule has 1 aromatic heterocycles. The molecule has 0 spiro atoms. The molecule has 1 aliphatic heterocycles. The van der Waals surface area contributed by atoms with Crippen LogP contribution in [0.15, 0.2) is 35.7 Å². The molecule has 2 aromatic rings. The quantitative estimate of drug-likeness (QED) is 0.945. The molecule has 0 fully saturated rings. The van der Waals surface area contributed by atoms with Gasteiger partial charge in [-0.15, -0.1) is 11.3 Å². The molecule has 1 amide bonds. The third-order valence-corrected chi connectivity index (χ3v) is 4.14. The molecule has 3 rings (SSSR count). The third-order valence-electron chi connectivity index (χ3n) is 3.13. The van der Waals surface area contributed by atoms with E-state index < -0.39 is 0 Å². The normalized spacial score (nSPS) is 16.8. The van der Waals surface area contributed by atoms with Crippen LogP contribution in [0.2, 0.25) is 0 Å². The van der Waals surface area contributed by atoms with Crippen molar-refractivity contribution in [3.63, 3.8) is 0 Å². The summed E-state index contributed by atoms with van der Waals surface area (Å²) in [5.74, 6) is 1.43. The van der Waals surface area contributed by atoms with Gasteiger partial charge in [-0.3, -0.25) is 4.79 Å². The lowest BCUT2D eigenvalue weighted by Gasteiger charge is -2.26. The monoisotopic (exact) mass is 289 g/mol. The number of para-hydroxylation sites is 2. The Morgan fingerprint density at radius 1 is 1.35 bits per heavy atom. The van der Waals surface area contributed by atoms with E-state index in [4.69, 9.17) is 9.47 Å². The van der Waals surface area contributed by atoms with Crippen LogP contribution in [-0.2, 0) is 0 Å². The SMILES string of the molecule is Cc1ccsc1C(=O)NCC1COc2ccccc2O1. The van der Waals surface area contributed by atoms with Gasteiger partial charge in [0, 0.05) is 0 Å². The first-order valence-electron chi connectivity index (χ1n) is 6.45. The molecule has 0 radical (unpaired) electrons. The Labute approximate surface area is 121 Å². The predicted molar refractivity (Wildman–Crippen MR) is 77.7 cm³/mol. The summed E-state index contributed by atoms with van der Waals surface area (Å²) in [6.07, 6.45) is -0.158. The summed E-state index contributed by atoms with van der Waals surface area (Å²) in [4.78, 5) is 12.8. The van der Waals surface area contributed by atoms with Gasteiger partial charge in [0.2, 0.25) is 0 Å². The van der Waals surface area contributed by atoms with Crippen LogP contribution in [-0.4, -0.2) is 25.2 Å². The van der Waals surface area contributed by atoms with E-state index in [1.807, 2.05) is 42.6 Å². The lowest BCUT2D eigenvalue weighted by atomic mass is 10.2. The highest BCUT2D eigenvalue weighted by atomic mass is 32.1. The summed E-state index contributed by atoms with van der Waals surface area (Å²) in [6, 6.07) is 9.49. The summed E-state index contributed by atoms with van der Waals surface area (Å²) in [6.45, 7) is 2.81. The van der Waals surface area contributed by atoms with E-state index in [1.54, 1.807) is 0 Å². The number of amides is 1. The zero-order chi connectivity index (χ0) is 13.9. The minimum atomic E-state index is -0.158. The van der Waals surface area contributed by atoms with Crippen molar-refractivity contribution in [2.24, 2.45) is 0 Å². The molecule has 1 aromatic carbocycles. The van der Waals surface area contributed by atoms with E-state index in [-0.39, 0.29) is 12.0 Å². The second-order valence-corrected chi connectivity index (χ2v) is 5.56. The van der Waals surface area contributed by atoms with Crippen LogP contribution in [0, 0.1) is 6.92 Å². The number of nitrogens with one attached hydrogen (secondary N) is 1. The Morgan fingerprint density at radius 2 is 2.15 bits per heavy atom. The number of rotatable bonds is 3. The van der Waals surface area contributed by atoms with E-state index in [2.05, 4.69) is 5.32 Å². The summed E-state index contributed by atoms with van der Waals surface area (Å²) >= 11 is 1.45. The van der Waals surface area contributed by atoms with Gasteiger partial charge in [-0.1, -0.05) is 12.1 Å². The van der Waals surface area contributed by atoms with Crippen molar-refractivity contribution >= 4 is 17.2 Å². The summed E-state index contributed by atoms with van der Waals surface area (Å²) in [5.41, 5.74) is 0.999. The highest BCUT2D eigenvalue weighted by molar-refractivity contribution is 7.12. The fourth-order valence-electron chi connectivity index (χ4n) is 2.06. The van der Waals surface area contributed by atoms with Crippen molar-refractivity contribution in [2.75, 3.05) is 13.2 Å². The highest BCUT2D eigenvalue weighted by Gasteiger charge is 2.21. The lowest BCUT2D eigenvalue weighted by Crippen LogP contribution is -2.40. The summed E-state index contributed by atoms with van der Waals surface area (Å²) in [7, 11) is 0. The van der Waals surface area contributed by atoms with Crippen molar-refractivity contribution in [1.29, 1.82) is 0 Å². The maximum Gasteiger partial charge on any atom is 0.261 e. The molecule has 0 saturated carbocycles. The fraction of sp³-hybridized carbons (Fsp3) is 0.267. The van der Waals surface area contributed by atoms with Crippen LogP contribution < -0.4 is 14.8 Å². The largest absolute Gasteiger partial charge is 0.486 e. The first-order chi connectivity index (χ1) is 9.74. The molecule has 1 unspecified atom stereocenters. The highest BCUT2D eigenvalue weighted by Crippen LogP contribution is 2.30. The molecule has 1 N–H and O–H groups in total. The van der Waals surface area contributed by atoms with Crippen LogP contribution in [0.5, 0.6) is 11.5 Å². The first kappa shape index (κ1) is 13.0. The second kappa shape index (κ2) is 5.54. The standard InChI is InChI=1S/C15H15NO3S/c1-10-6-7-20-14(10)15(17)16-8-11-9-18-12-4-2-3-5-13(12)19-11/h2-7,11H,8-9H2,1H3,(H,16,17). The van der Waals surface area contributed by atoms with Crippen LogP contribution in [0.25, 0.3) is 0 Å². The predicted octanol–water partition coefficient (Wildman–Crippen LogP) is 2.63. The smallest absolute Gasteiger partial charge is 0.261 e. The number of hydrogen-bond acceptors (Lipinski definition) is 4. The van der Waals surface area contributed by atoms with Crippen LogP contribution >= 0.6 is 11.3 Å². The van der Waals surface area contributed by atoms with Gasteiger partial charge >= 0.3 is 0 Å². The number of fused-ring (bicyclic) bond motifs is 1. The Bertz CT molecular complexity index is 623. The minimum absolute atomic E-state index is 0.0556. The van der Waals surface area contributed by atoms with Crippen molar-refractivity contribution < 1.29 is 14.3 Å². The van der Waals surface area contributed by atoms with E-state index in [1.165, 1.54) is 11.3 Å². The van der Waals surface area contributed by atoms with E-state index in [0.29, 0.717) is 13.2 Å². The second-order valence-electron chi connectivity index (χ2n) is 4.64. The number of ether oxygens (including phenoxy) is 2. The van der Waals surface area contributed by atoms with Crippen LogP contribution in [0.1, 0.15) is 15.2 Å². The molecule has 5 heteroatoms. The van der Waals surface area contributed by atoms with Crippen LogP contribution in [0.4, 0.5) is 0 Å². The number of aryl methyl sites for hydroxylation is 1. The van der Waals surface area contributed by atoms with E-state index in [9.17, 15) is 4.79 Å². The Balaban J connectivity index is 1.58. The Kier molecular flexibility index (Phi) is 3.60. The molecule has 0 aliphatic carbocycles. The third kappa shape index (κ3) is 2.63. The maximum atomic E-state index is 12.0. The van der Waals surface area contributed by atoms with Crippen molar-refractivity contribution in [1.82, 2.24) is 5.32 Å². The van der Waals surface area contributed by atoms with Gasteiger partial charge in [0.15, 0.2) is 11.5 Å². The molecule has 1 aliphatic rings. The molecular formula is C15H15NO3S. The van der Waals surface area contributed by atoms with Gasteiger partial charge in [-0.25, -0.2) is 0 Å². The zero-order valence-corrected chi connectivity index (χ0v) is 11.9. The molecule has 2 heterocycles. The van der Waals surface area contributed by atoms with E-state index in [0.717, 1.165) is 21.9 Å². The van der Waals surface area contributed by atoms with Crippen molar-refractivity contribution in [3.05, 3.63) is 46.2 Å². The first-order valence-corrected chi connectivity index (χ1v) is 7.33. The molecule has 20 heavy (non-hydrogen) atoms. The molecule has 4 nitrogen and oxygen atoms in total. The minimum Gasteiger partial charge on any atom is -0.486 e. The topological polar surface area (TPSA) is 47.6 Å². The van der Waals surface area contributed by atoms with Gasteiger partial charge in [0.1, 0.15) is 12.7 Å². The molecule has 104 valence electrons. The van der Waals surface area contributed by atoms with Gasteiger partial charge in [0.25, 0.3) is 5.91 Å². The van der Waals surface area contributed by atoms with Crippen molar-refractivity contribution in [3.8, 4) is 11.5 Å². The summed E-state index contributed by atoms with van der Waals surface area (Å²) < 4.78 is 11.4. The van der Waals surface area contributed by atoms with Crippen molar-refractivity contribution in [2.45, 2.75) is 13.0 Å². The summed E-state index contributed by atoms with van der Waals surface area (Å²) in [5, 5.41) is 4.81. The number of benzene rings is 1. The van der Waals surface area contributed by atoms with Gasteiger partial charge < -0.3 is 14.8 Å². The number of carbonyl (C=O) groups is 1. The number of carbonyl (C=O) groups excluding carboxylic acids is 1. The number of hydrogen-bond donors (Lipinski definition) is 1. The Hall–Kier alpha value is -2.01.